The number of hydrogen-bond acceptors (Lipinski definition) is 4. The second-order valence-electron chi connectivity index (χ2n) is 3.34. The molecular weight excluding hydrogens is 184 g/mol. The number of hydrogen-bond donors (Lipinski definition) is 3. The first-order chi connectivity index (χ1) is 6.65. The lowest BCUT2D eigenvalue weighted by Gasteiger charge is -2.18. The van der Waals surface area contributed by atoms with Crippen LogP contribution in [0.2, 0.25) is 0 Å². The Kier molecular flexibility index (Phi) is 3.58. The molecule has 6 heteroatoms. The Hall–Kier alpha value is -1.43. The van der Waals surface area contributed by atoms with Crippen molar-refractivity contribution < 1.29 is 9.90 Å². The maximum Gasteiger partial charge on any atom is 0.288 e. The minimum absolute atomic E-state index is 0.0858. The Morgan fingerprint density at radius 3 is 2.86 bits per heavy atom. The summed E-state index contributed by atoms with van der Waals surface area (Å²) in [5, 5.41) is 17.6. The summed E-state index contributed by atoms with van der Waals surface area (Å²) in [7, 11) is 0. The fourth-order valence-corrected chi connectivity index (χ4v) is 0.975. The molecule has 0 aromatic carbocycles. The van der Waals surface area contributed by atoms with Gasteiger partial charge in [-0.3, -0.25) is 9.89 Å². The van der Waals surface area contributed by atoms with E-state index in [-0.39, 0.29) is 30.3 Å². The predicted molar refractivity (Wildman–Crippen MR) is 49.6 cm³/mol. The van der Waals surface area contributed by atoms with Crippen molar-refractivity contribution >= 4 is 5.91 Å². The lowest BCUT2D eigenvalue weighted by molar-refractivity contribution is 0.0886. The molecule has 0 saturated carbocycles. The number of rotatable bonds is 4. The summed E-state index contributed by atoms with van der Waals surface area (Å²) in [5.41, 5.74) is 0. The van der Waals surface area contributed by atoms with Crippen molar-refractivity contribution in [2.45, 2.75) is 19.9 Å². The van der Waals surface area contributed by atoms with Crippen molar-refractivity contribution in [3.63, 3.8) is 0 Å². The number of amides is 1. The van der Waals surface area contributed by atoms with E-state index in [0.717, 1.165) is 0 Å². The van der Waals surface area contributed by atoms with Gasteiger partial charge in [-0.2, -0.15) is 5.10 Å². The van der Waals surface area contributed by atoms with Crippen molar-refractivity contribution in [3.8, 4) is 0 Å². The van der Waals surface area contributed by atoms with Crippen LogP contribution in [-0.2, 0) is 0 Å². The van der Waals surface area contributed by atoms with Crippen LogP contribution in [0.4, 0.5) is 0 Å². The molecule has 14 heavy (non-hydrogen) atoms. The largest absolute Gasteiger partial charge is 0.394 e. The summed E-state index contributed by atoms with van der Waals surface area (Å²) >= 11 is 0. The van der Waals surface area contributed by atoms with E-state index in [1.165, 1.54) is 6.33 Å². The van der Waals surface area contributed by atoms with Crippen LogP contribution < -0.4 is 5.32 Å². The molecule has 1 aromatic rings. The summed E-state index contributed by atoms with van der Waals surface area (Å²) in [6.07, 6.45) is 1.26. The third kappa shape index (κ3) is 2.53. The fourth-order valence-electron chi connectivity index (χ4n) is 0.975. The van der Waals surface area contributed by atoms with Crippen molar-refractivity contribution in [1.29, 1.82) is 0 Å². The molecule has 0 aliphatic heterocycles. The summed E-state index contributed by atoms with van der Waals surface area (Å²) in [4.78, 5) is 15.1. The van der Waals surface area contributed by atoms with E-state index in [4.69, 9.17) is 5.11 Å². The molecule has 3 N–H and O–H groups in total. The average Bonchev–Trinajstić information content (AvgIpc) is 2.65. The number of aliphatic hydroxyl groups is 1. The normalized spacial score (nSPS) is 12.9. The number of nitrogens with one attached hydrogen (secondary N) is 2. The highest BCUT2D eigenvalue weighted by Crippen LogP contribution is 2.01. The van der Waals surface area contributed by atoms with Gasteiger partial charge in [-0.15, -0.1) is 0 Å². The van der Waals surface area contributed by atoms with Gasteiger partial charge in [-0.1, -0.05) is 13.8 Å². The third-order valence-electron chi connectivity index (χ3n) is 1.95. The van der Waals surface area contributed by atoms with E-state index in [1.807, 2.05) is 13.8 Å². The highest BCUT2D eigenvalue weighted by atomic mass is 16.3. The van der Waals surface area contributed by atoms with Gasteiger partial charge in [0.15, 0.2) is 0 Å². The van der Waals surface area contributed by atoms with Crippen molar-refractivity contribution in [2.75, 3.05) is 6.61 Å². The van der Waals surface area contributed by atoms with E-state index >= 15 is 0 Å². The summed E-state index contributed by atoms with van der Waals surface area (Å²) in [6.45, 7) is 3.75. The minimum Gasteiger partial charge on any atom is -0.394 e. The first-order valence-corrected chi connectivity index (χ1v) is 4.42. The standard InChI is InChI=1S/C8H14N4O2/c1-5(2)6(3-13)11-8(14)7-9-4-10-12-7/h4-6,13H,3H2,1-2H3,(H,11,14)(H,9,10,12). The van der Waals surface area contributed by atoms with Gasteiger partial charge in [0, 0.05) is 0 Å². The topological polar surface area (TPSA) is 90.9 Å². The molecule has 0 bridgehead atoms. The maximum absolute atomic E-state index is 11.4. The molecule has 0 radical (unpaired) electrons. The molecule has 1 heterocycles. The van der Waals surface area contributed by atoms with Gasteiger partial charge in [-0.05, 0) is 5.92 Å². The first kappa shape index (κ1) is 10.6. The molecule has 1 rings (SSSR count). The van der Waals surface area contributed by atoms with Gasteiger partial charge in [0.25, 0.3) is 5.91 Å². The number of aliphatic hydroxyl groups excluding tert-OH is 1. The molecule has 0 spiro atoms. The minimum atomic E-state index is -0.352. The van der Waals surface area contributed by atoms with Crippen LogP contribution in [0.3, 0.4) is 0 Å². The SMILES string of the molecule is CC(C)C(CO)NC(=O)c1ncn[nH]1. The van der Waals surface area contributed by atoms with Crippen LogP contribution in [-0.4, -0.2) is 38.8 Å². The quantitative estimate of drug-likeness (QED) is 0.611. The smallest absolute Gasteiger partial charge is 0.288 e. The van der Waals surface area contributed by atoms with E-state index in [2.05, 4.69) is 20.5 Å². The Labute approximate surface area is 81.7 Å². The molecule has 0 fully saturated rings. The van der Waals surface area contributed by atoms with Gasteiger partial charge in [0.2, 0.25) is 5.82 Å². The van der Waals surface area contributed by atoms with Crippen molar-refractivity contribution in [1.82, 2.24) is 20.5 Å². The molecule has 1 atom stereocenters. The molecule has 0 saturated heterocycles. The zero-order valence-electron chi connectivity index (χ0n) is 8.19. The second-order valence-corrected chi connectivity index (χ2v) is 3.34. The lowest BCUT2D eigenvalue weighted by Crippen LogP contribution is -2.41. The van der Waals surface area contributed by atoms with Crippen LogP contribution in [0.5, 0.6) is 0 Å². The van der Waals surface area contributed by atoms with Crippen LogP contribution >= 0.6 is 0 Å². The van der Waals surface area contributed by atoms with E-state index < -0.39 is 0 Å². The van der Waals surface area contributed by atoms with Crippen LogP contribution in [0, 0.1) is 5.92 Å². The lowest BCUT2D eigenvalue weighted by atomic mass is 10.1. The maximum atomic E-state index is 11.4. The molecule has 0 aliphatic rings. The molecule has 1 aromatic heterocycles. The summed E-state index contributed by atoms with van der Waals surface area (Å²) in [6, 6.07) is -0.257. The van der Waals surface area contributed by atoms with Crippen molar-refractivity contribution in [3.05, 3.63) is 12.2 Å². The Bertz CT molecular complexity index is 284. The number of carbonyl (C=O) groups excluding carboxylic acids is 1. The molecule has 78 valence electrons. The van der Waals surface area contributed by atoms with E-state index in [9.17, 15) is 4.79 Å². The van der Waals surface area contributed by atoms with E-state index in [0.29, 0.717) is 0 Å². The molecular formula is C8H14N4O2. The van der Waals surface area contributed by atoms with Crippen LogP contribution in [0.1, 0.15) is 24.5 Å². The Morgan fingerprint density at radius 2 is 2.43 bits per heavy atom. The second kappa shape index (κ2) is 4.71. The molecule has 1 unspecified atom stereocenters. The van der Waals surface area contributed by atoms with Gasteiger partial charge in [0.1, 0.15) is 6.33 Å². The van der Waals surface area contributed by atoms with Crippen LogP contribution in [0.25, 0.3) is 0 Å². The summed E-state index contributed by atoms with van der Waals surface area (Å²) < 4.78 is 0. The highest BCUT2D eigenvalue weighted by molar-refractivity contribution is 5.90. The number of nitrogens with zero attached hydrogens (tertiary/aromatic N) is 2. The van der Waals surface area contributed by atoms with Gasteiger partial charge in [-0.25, -0.2) is 4.98 Å². The number of aromatic amines is 1. The fraction of sp³-hybridized carbons (Fsp3) is 0.625. The zero-order chi connectivity index (χ0) is 10.6. The average molecular weight is 198 g/mol. The monoisotopic (exact) mass is 198 g/mol. The van der Waals surface area contributed by atoms with Crippen LogP contribution in [0.15, 0.2) is 6.33 Å². The van der Waals surface area contributed by atoms with Gasteiger partial charge < -0.3 is 10.4 Å². The Morgan fingerprint density at radius 1 is 1.71 bits per heavy atom. The zero-order valence-corrected chi connectivity index (χ0v) is 8.19. The highest BCUT2D eigenvalue weighted by Gasteiger charge is 2.17. The number of H-pyrrole nitrogens is 1. The molecule has 0 aliphatic carbocycles. The Balaban J connectivity index is 2.56. The molecule has 6 nitrogen and oxygen atoms in total. The van der Waals surface area contributed by atoms with Gasteiger partial charge >= 0.3 is 0 Å². The molecule has 1 amide bonds. The number of carbonyl (C=O) groups is 1. The number of aromatic nitrogens is 3. The third-order valence-corrected chi connectivity index (χ3v) is 1.95. The predicted octanol–water partition coefficient (Wildman–Crippen LogP) is -0.449. The van der Waals surface area contributed by atoms with Crippen molar-refractivity contribution in [2.24, 2.45) is 5.92 Å². The first-order valence-electron chi connectivity index (χ1n) is 4.42. The van der Waals surface area contributed by atoms with Gasteiger partial charge in [0.05, 0.1) is 12.6 Å². The summed E-state index contributed by atoms with van der Waals surface area (Å²) in [5.74, 6) is -0.0220. The van der Waals surface area contributed by atoms with E-state index in [1.54, 1.807) is 0 Å².